The molecule has 0 N–H and O–H groups in total. The molecule has 2 rings (SSSR count). The standard InChI is InChI=1S/C15H25F3N2OSi/c1-10-9-20(19-13(10)15(16,17)18)11-7-12(8-11)21-22(5,6)14(2,3)4/h9,11-12H,7-8H2,1-6H3. The molecule has 22 heavy (non-hydrogen) atoms. The van der Waals surface area contributed by atoms with Crippen molar-refractivity contribution in [3.8, 4) is 0 Å². The normalized spacial score (nSPS) is 23.5. The van der Waals surface area contributed by atoms with Gasteiger partial charge >= 0.3 is 6.18 Å². The Balaban J connectivity index is 1.98. The van der Waals surface area contributed by atoms with Gasteiger partial charge in [0.15, 0.2) is 14.0 Å². The highest BCUT2D eigenvalue weighted by molar-refractivity contribution is 6.74. The summed E-state index contributed by atoms with van der Waals surface area (Å²) in [5, 5.41) is 3.87. The summed E-state index contributed by atoms with van der Waals surface area (Å²) in [6, 6.07) is 0.0181. The molecule has 0 spiro atoms. The van der Waals surface area contributed by atoms with Crippen molar-refractivity contribution in [2.45, 2.75) is 77.0 Å². The molecule has 0 aromatic carbocycles. The molecule has 1 aromatic rings. The van der Waals surface area contributed by atoms with Gasteiger partial charge < -0.3 is 4.43 Å². The maximum Gasteiger partial charge on any atom is 0.435 e. The lowest BCUT2D eigenvalue weighted by Gasteiger charge is -2.44. The van der Waals surface area contributed by atoms with E-state index in [1.54, 1.807) is 0 Å². The Kier molecular flexibility index (Phi) is 4.28. The third kappa shape index (κ3) is 3.40. The smallest absolute Gasteiger partial charge is 0.414 e. The van der Waals surface area contributed by atoms with Crippen molar-refractivity contribution in [3.63, 3.8) is 0 Å². The Morgan fingerprint density at radius 2 is 1.77 bits per heavy atom. The quantitative estimate of drug-likeness (QED) is 0.732. The molecule has 1 aliphatic rings. The molecule has 1 aromatic heterocycles. The van der Waals surface area contributed by atoms with E-state index in [2.05, 4.69) is 39.0 Å². The highest BCUT2D eigenvalue weighted by atomic mass is 28.4. The number of aryl methyl sites for hydroxylation is 1. The van der Waals surface area contributed by atoms with Crippen LogP contribution in [0, 0.1) is 6.92 Å². The van der Waals surface area contributed by atoms with Crippen LogP contribution in [0.25, 0.3) is 0 Å². The van der Waals surface area contributed by atoms with Crippen LogP contribution in [-0.2, 0) is 10.6 Å². The maximum absolute atomic E-state index is 12.8. The minimum absolute atomic E-state index is 0.0181. The molecular weight excluding hydrogens is 309 g/mol. The van der Waals surface area contributed by atoms with Crippen molar-refractivity contribution in [3.05, 3.63) is 17.5 Å². The molecule has 3 nitrogen and oxygen atoms in total. The number of aromatic nitrogens is 2. The first-order chi connectivity index (χ1) is 9.81. The second kappa shape index (κ2) is 5.37. The van der Waals surface area contributed by atoms with E-state index in [-0.39, 0.29) is 22.7 Å². The third-order valence-corrected chi connectivity index (χ3v) is 9.43. The maximum atomic E-state index is 12.8. The Bertz CT molecular complexity index is 540. The summed E-state index contributed by atoms with van der Waals surface area (Å²) in [4.78, 5) is 0. The Labute approximate surface area is 131 Å². The molecule has 0 radical (unpaired) electrons. The molecule has 7 heteroatoms. The van der Waals surface area contributed by atoms with Gasteiger partial charge in [0.05, 0.1) is 6.04 Å². The Morgan fingerprint density at radius 3 is 2.18 bits per heavy atom. The van der Waals surface area contributed by atoms with Gasteiger partial charge in [0.2, 0.25) is 0 Å². The van der Waals surface area contributed by atoms with Crippen LogP contribution in [0.3, 0.4) is 0 Å². The molecule has 1 fully saturated rings. The molecule has 0 unspecified atom stereocenters. The van der Waals surface area contributed by atoms with E-state index in [1.807, 2.05) is 0 Å². The predicted octanol–water partition coefficient (Wildman–Crippen LogP) is 4.94. The van der Waals surface area contributed by atoms with Gasteiger partial charge in [-0.15, -0.1) is 0 Å². The van der Waals surface area contributed by atoms with Crippen molar-refractivity contribution in [2.75, 3.05) is 0 Å². The van der Waals surface area contributed by atoms with E-state index in [9.17, 15) is 13.2 Å². The molecule has 1 heterocycles. The van der Waals surface area contributed by atoms with E-state index >= 15 is 0 Å². The van der Waals surface area contributed by atoms with E-state index < -0.39 is 20.2 Å². The van der Waals surface area contributed by atoms with E-state index in [1.165, 1.54) is 17.8 Å². The number of nitrogens with zero attached hydrogens (tertiary/aromatic N) is 2. The average Bonchev–Trinajstić information content (AvgIpc) is 2.62. The number of alkyl halides is 3. The predicted molar refractivity (Wildman–Crippen MR) is 82.3 cm³/mol. The second-order valence-electron chi connectivity index (χ2n) is 7.76. The molecule has 0 bridgehead atoms. The van der Waals surface area contributed by atoms with Gasteiger partial charge in [0, 0.05) is 12.3 Å². The van der Waals surface area contributed by atoms with Crippen molar-refractivity contribution in [1.29, 1.82) is 0 Å². The van der Waals surface area contributed by atoms with Gasteiger partial charge in [-0.05, 0) is 43.5 Å². The zero-order valence-corrected chi connectivity index (χ0v) is 15.1. The monoisotopic (exact) mass is 334 g/mol. The Hall–Kier alpha value is -0.823. The molecule has 0 aliphatic heterocycles. The van der Waals surface area contributed by atoms with Crippen LogP contribution in [0.2, 0.25) is 18.1 Å². The molecule has 1 aliphatic carbocycles. The van der Waals surface area contributed by atoms with Crippen molar-refractivity contribution >= 4 is 8.32 Å². The van der Waals surface area contributed by atoms with E-state index in [0.717, 1.165) is 12.8 Å². The van der Waals surface area contributed by atoms with Gasteiger partial charge in [-0.3, -0.25) is 4.68 Å². The number of hydrogen-bond acceptors (Lipinski definition) is 2. The first kappa shape index (κ1) is 17.5. The number of rotatable bonds is 3. The lowest BCUT2D eigenvalue weighted by atomic mass is 9.90. The van der Waals surface area contributed by atoms with E-state index in [4.69, 9.17) is 4.43 Å². The van der Waals surface area contributed by atoms with Crippen LogP contribution in [-0.4, -0.2) is 24.2 Å². The largest absolute Gasteiger partial charge is 0.435 e. The van der Waals surface area contributed by atoms with Crippen molar-refractivity contribution < 1.29 is 17.6 Å². The zero-order valence-electron chi connectivity index (χ0n) is 14.1. The fourth-order valence-electron chi connectivity index (χ4n) is 2.39. The van der Waals surface area contributed by atoms with Crippen molar-refractivity contribution in [2.24, 2.45) is 0 Å². The summed E-state index contributed by atoms with van der Waals surface area (Å²) >= 11 is 0. The zero-order chi connectivity index (χ0) is 16.9. The molecule has 0 atom stereocenters. The molecule has 0 saturated heterocycles. The van der Waals surface area contributed by atoms with Gasteiger partial charge in [-0.2, -0.15) is 18.3 Å². The van der Waals surface area contributed by atoms with Crippen LogP contribution < -0.4 is 0 Å². The summed E-state index contributed by atoms with van der Waals surface area (Å²) in [6.45, 7) is 12.4. The van der Waals surface area contributed by atoms with Crippen molar-refractivity contribution in [1.82, 2.24) is 9.78 Å². The highest BCUT2D eigenvalue weighted by Crippen LogP contribution is 2.43. The molecular formula is C15H25F3N2OSi. The van der Waals surface area contributed by atoms with Gasteiger partial charge in [-0.25, -0.2) is 0 Å². The fourth-order valence-corrected chi connectivity index (χ4v) is 3.77. The lowest BCUT2D eigenvalue weighted by molar-refractivity contribution is -0.142. The van der Waals surface area contributed by atoms with Crippen LogP contribution in [0.15, 0.2) is 6.20 Å². The van der Waals surface area contributed by atoms with Crippen LogP contribution in [0.1, 0.15) is 50.9 Å². The summed E-state index contributed by atoms with van der Waals surface area (Å²) < 4.78 is 46.1. The topological polar surface area (TPSA) is 27.1 Å². The van der Waals surface area contributed by atoms with Crippen LogP contribution in [0.4, 0.5) is 13.2 Å². The van der Waals surface area contributed by atoms with E-state index in [0.29, 0.717) is 0 Å². The fraction of sp³-hybridized carbons (Fsp3) is 0.800. The van der Waals surface area contributed by atoms with Crippen LogP contribution in [0.5, 0.6) is 0 Å². The molecule has 126 valence electrons. The minimum atomic E-state index is -4.38. The first-order valence-electron chi connectivity index (χ1n) is 7.62. The van der Waals surface area contributed by atoms with Gasteiger partial charge in [-0.1, -0.05) is 20.8 Å². The summed E-state index contributed by atoms with van der Waals surface area (Å²) in [7, 11) is -1.81. The lowest BCUT2D eigenvalue weighted by Crippen LogP contribution is -2.47. The van der Waals surface area contributed by atoms with Gasteiger partial charge in [0.25, 0.3) is 0 Å². The molecule has 1 saturated carbocycles. The minimum Gasteiger partial charge on any atom is -0.414 e. The number of hydrogen-bond donors (Lipinski definition) is 0. The van der Waals surface area contributed by atoms with Crippen LogP contribution >= 0.6 is 0 Å². The SMILES string of the molecule is Cc1cn(C2CC(O[Si](C)(C)C(C)(C)C)C2)nc1C(F)(F)F. The second-order valence-corrected chi connectivity index (χ2v) is 12.5. The number of halogens is 3. The average molecular weight is 334 g/mol. The van der Waals surface area contributed by atoms with Gasteiger partial charge in [0.1, 0.15) is 0 Å². The Morgan fingerprint density at radius 1 is 1.23 bits per heavy atom. The summed E-state index contributed by atoms with van der Waals surface area (Å²) in [5.74, 6) is 0. The summed E-state index contributed by atoms with van der Waals surface area (Å²) in [5.41, 5.74) is -0.595. The highest BCUT2D eigenvalue weighted by Gasteiger charge is 2.43. The summed E-state index contributed by atoms with van der Waals surface area (Å²) in [6.07, 6.45) is -1.26. The third-order valence-electron chi connectivity index (χ3n) is 4.89. The molecule has 0 amide bonds. The first-order valence-corrected chi connectivity index (χ1v) is 10.5.